The smallest absolute Gasteiger partial charge is 0.378 e. The fourth-order valence-electron chi connectivity index (χ4n) is 2.70. The SMILES string of the molecule is COc1c(Br)cc2cc(O)c(=O)oc2c1Br.COc1c(Br)cc2cc(O)c(=O)oc2c1Br. The zero-order chi connectivity index (χ0) is 23.7. The molecule has 12 heteroatoms. The molecule has 4 rings (SSSR count). The Bertz CT molecular complexity index is 1350. The summed E-state index contributed by atoms with van der Waals surface area (Å²) in [4.78, 5) is 22.4. The number of ether oxygens (including phenoxy) is 2. The van der Waals surface area contributed by atoms with Gasteiger partial charge < -0.3 is 28.5 Å². The molecule has 2 heterocycles. The zero-order valence-electron chi connectivity index (χ0n) is 16.2. The summed E-state index contributed by atoms with van der Waals surface area (Å²) in [5.74, 6) is 0.218. The molecule has 32 heavy (non-hydrogen) atoms. The fraction of sp³-hybridized carbons (Fsp3) is 0.100. The van der Waals surface area contributed by atoms with Crippen LogP contribution in [0.25, 0.3) is 21.9 Å². The first-order valence-corrected chi connectivity index (χ1v) is 11.6. The minimum Gasteiger partial charge on any atom is -0.502 e. The van der Waals surface area contributed by atoms with Crippen LogP contribution in [0.15, 0.2) is 60.6 Å². The first-order chi connectivity index (χ1) is 15.1. The Balaban J connectivity index is 0.000000181. The van der Waals surface area contributed by atoms with Crippen LogP contribution in [0.2, 0.25) is 0 Å². The van der Waals surface area contributed by atoms with Crippen LogP contribution >= 0.6 is 63.7 Å². The molecular formula is C20H12Br4O8. The summed E-state index contributed by atoms with van der Waals surface area (Å²) in [6, 6.07) is 6.08. The van der Waals surface area contributed by atoms with Gasteiger partial charge in [-0.2, -0.15) is 0 Å². The van der Waals surface area contributed by atoms with Crippen LogP contribution in [0.4, 0.5) is 0 Å². The van der Waals surface area contributed by atoms with Gasteiger partial charge in [0.05, 0.1) is 23.2 Å². The van der Waals surface area contributed by atoms with Crippen molar-refractivity contribution < 1.29 is 28.5 Å². The molecule has 2 N–H and O–H groups in total. The lowest BCUT2D eigenvalue weighted by Gasteiger charge is -2.08. The van der Waals surface area contributed by atoms with Crippen molar-refractivity contribution in [2.75, 3.05) is 14.2 Å². The molecule has 4 aromatic rings. The van der Waals surface area contributed by atoms with E-state index in [4.69, 9.17) is 18.3 Å². The van der Waals surface area contributed by atoms with E-state index in [9.17, 15) is 19.8 Å². The molecule has 0 unspecified atom stereocenters. The molecule has 0 atom stereocenters. The molecule has 0 amide bonds. The van der Waals surface area contributed by atoms with E-state index in [1.165, 1.54) is 26.4 Å². The van der Waals surface area contributed by atoms with Gasteiger partial charge in [0.2, 0.25) is 11.5 Å². The van der Waals surface area contributed by atoms with Gasteiger partial charge in [-0.3, -0.25) is 0 Å². The van der Waals surface area contributed by atoms with Crippen molar-refractivity contribution in [3.63, 3.8) is 0 Å². The van der Waals surface area contributed by atoms with Crippen molar-refractivity contribution in [2.24, 2.45) is 0 Å². The number of methoxy groups -OCH3 is 2. The van der Waals surface area contributed by atoms with Gasteiger partial charge in [0, 0.05) is 10.8 Å². The lowest BCUT2D eigenvalue weighted by molar-refractivity contribution is 0.405. The van der Waals surface area contributed by atoms with Gasteiger partial charge in [-0.05, 0) is 88.0 Å². The minimum atomic E-state index is -0.780. The average molecular weight is 700 g/mol. The molecule has 2 aromatic carbocycles. The third kappa shape index (κ3) is 4.68. The van der Waals surface area contributed by atoms with E-state index >= 15 is 0 Å². The van der Waals surface area contributed by atoms with Gasteiger partial charge in [-0.1, -0.05) is 0 Å². The topological polar surface area (TPSA) is 119 Å². The van der Waals surface area contributed by atoms with Crippen molar-refractivity contribution >= 4 is 85.7 Å². The van der Waals surface area contributed by atoms with E-state index in [0.717, 1.165) is 0 Å². The first-order valence-electron chi connectivity index (χ1n) is 8.46. The highest BCUT2D eigenvalue weighted by Crippen LogP contribution is 2.40. The maximum atomic E-state index is 11.2. The molecule has 168 valence electrons. The van der Waals surface area contributed by atoms with Crippen LogP contribution in [-0.4, -0.2) is 24.4 Å². The Kier molecular flexibility index (Phi) is 7.58. The van der Waals surface area contributed by atoms with Crippen LogP contribution in [0.5, 0.6) is 23.0 Å². The Morgan fingerprint density at radius 2 is 1.03 bits per heavy atom. The molecule has 0 aliphatic carbocycles. The molecule has 0 spiro atoms. The third-order valence-corrected chi connectivity index (χ3v) is 6.74. The minimum absolute atomic E-state index is 0.336. The monoisotopic (exact) mass is 696 g/mol. The van der Waals surface area contributed by atoms with Gasteiger partial charge in [0.15, 0.2) is 22.7 Å². The Morgan fingerprint density at radius 1 is 0.688 bits per heavy atom. The second kappa shape index (κ2) is 9.86. The number of benzene rings is 2. The van der Waals surface area contributed by atoms with Crippen molar-refractivity contribution in [3.05, 3.63) is 63.0 Å². The summed E-state index contributed by atoms with van der Waals surface area (Å²) in [6.45, 7) is 0. The van der Waals surface area contributed by atoms with E-state index < -0.39 is 22.8 Å². The number of hydrogen-bond donors (Lipinski definition) is 2. The van der Waals surface area contributed by atoms with Crippen molar-refractivity contribution in [2.45, 2.75) is 0 Å². The second-order valence-corrected chi connectivity index (χ2v) is 9.38. The van der Waals surface area contributed by atoms with Crippen molar-refractivity contribution in [1.82, 2.24) is 0 Å². The number of halogens is 4. The molecule has 8 nitrogen and oxygen atoms in total. The normalized spacial score (nSPS) is 10.7. The molecule has 0 aliphatic rings. The Hall–Kier alpha value is -2.02. The van der Waals surface area contributed by atoms with Crippen LogP contribution in [0.1, 0.15) is 0 Å². The number of rotatable bonds is 2. The second-order valence-electron chi connectivity index (χ2n) is 6.09. The van der Waals surface area contributed by atoms with Gasteiger partial charge >= 0.3 is 11.3 Å². The van der Waals surface area contributed by atoms with Crippen LogP contribution in [0, 0.1) is 0 Å². The quantitative estimate of drug-likeness (QED) is 0.243. The molecule has 0 saturated heterocycles. The van der Waals surface area contributed by atoms with Gasteiger partial charge in [-0.25, -0.2) is 9.59 Å². The summed E-state index contributed by atoms with van der Waals surface area (Å²) >= 11 is 13.2. The van der Waals surface area contributed by atoms with Gasteiger partial charge in [0.25, 0.3) is 0 Å². The molecule has 0 aliphatic heterocycles. The number of aromatic hydroxyl groups is 2. The summed E-state index contributed by atoms with van der Waals surface area (Å²) in [7, 11) is 3.02. The highest BCUT2D eigenvalue weighted by atomic mass is 79.9. The predicted octanol–water partition coefficient (Wildman–Crippen LogP) is 6.06. The molecule has 0 radical (unpaired) electrons. The lowest BCUT2D eigenvalue weighted by atomic mass is 10.2. The predicted molar refractivity (Wildman–Crippen MR) is 132 cm³/mol. The zero-order valence-corrected chi connectivity index (χ0v) is 22.5. The maximum absolute atomic E-state index is 11.2. The molecule has 2 aromatic heterocycles. The highest BCUT2D eigenvalue weighted by Gasteiger charge is 2.15. The van der Waals surface area contributed by atoms with Crippen LogP contribution < -0.4 is 20.7 Å². The maximum Gasteiger partial charge on any atom is 0.378 e. The van der Waals surface area contributed by atoms with Crippen molar-refractivity contribution in [1.29, 1.82) is 0 Å². The van der Waals surface area contributed by atoms with E-state index in [2.05, 4.69) is 63.7 Å². The molecule has 0 bridgehead atoms. The Morgan fingerprint density at radius 3 is 1.34 bits per heavy atom. The van der Waals surface area contributed by atoms with Gasteiger partial charge in [-0.15, -0.1) is 0 Å². The van der Waals surface area contributed by atoms with Crippen LogP contribution in [0.3, 0.4) is 0 Å². The summed E-state index contributed by atoms with van der Waals surface area (Å²) in [5, 5.41) is 19.7. The van der Waals surface area contributed by atoms with E-state index in [1.54, 1.807) is 12.1 Å². The first kappa shape index (κ1) is 24.6. The number of hydrogen-bond acceptors (Lipinski definition) is 8. The van der Waals surface area contributed by atoms with E-state index in [-0.39, 0.29) is 0 Å². The van der Waals surface area contributed by atoms with Gasteiger partial charge in [0.1, 0.15) is 8.95 Å². The highest BCUT2D eigenvalue weighted by molar-refractivity contribution is 9.11. The van der Waals surface area contributed by atoms with Crippen molar-refractivity contribution in [3.8, 4) is 23.0 Å². The lowest BCUT2D eigenvalue weighted by Crippen LogP contribution is -1.98. The summed E-state index contributed by atoms with van der Waals surface area (Å²) in [5.41, 5.74) is -0.888. The fourth-order valence-corrected chi connectivity index (χ4v) is 5.82. The van der Waals surface area contributed by atoms with E-state index in [1.807, 2.05) is 0 Å². The summed E-state index contributed by atoms with van der Waals surface area (Å²) < 4.78 is 22.6. The molecular weight excluding hydrogens is 688 g/mol. The molecule has 0 saturated carbocycles. The standard InChI is InChI=1S/2C10H6Br2O4/c2*1-15-9-5(11)2-4-3-6(13)10(14)16-8(4)7(9)12/h2*2-3,13H,1H3. The average Bonchev–Trinajstić information content (AvgIpc) is 2.73. The summed E-state index contributed by atoms with van der Waals surface area (Å²) in [6.07, 6.45) is 0. The number of fused-ring (bicyclic) bond motifs is 2. The Labute approximate surface area is 213 Å². The van der Waals surface area contributed by atoms with E-state index in [0.29, 0.717) is 51.3 Å². The molecule has 0 fully saturated rings. The largest absolute Gasteiger partial charge is 0.502 e. The third-order valence-electron chi connectivity index (χ3n) is 4.12. The van der Waals surface area contributed by atoms with Crippen LogP contribution in [-0.2, 0) is 0 Å².